The number of nitrogens with zero attached hydrogens (tertiary/aromatic N) is 1. The van der Waals surface area contributed by atoms with Crippen LogP contribution in [0.1, 0.15) is 16.7 Å². The zero-order valence-corrected chi connectivity index (χ0v) is 11.7. The smallest absolute Gasteiger partial charge is 0.123 e. The largest absolute Gasteiger partial charge is 0.496 e. The van der Waals surface area contributed by atoms with Crippen molar-refractivity contribution in [2.45, 2.75) is 20.4 Å². The minimum absolute atomic E-state index is 0.341. The Morgan fingerprint density at radius 2 is 2.16 bits per heavy atom. The average molecular weight is 260 g/mol. The molecule has 1 fully saturated rings. The van der Waals surface area contributed by atoms with Crippen LogP contribution in [0.4, 0.5) is 0 Å². The van der Waals surface area contributed by atoms with Gasteiger partial charge in [0.05, 0.1) is 26.4 Å². The highest BCUT2D eigenvalue weighted by atomic mass is 16.5. The lowest BCUT2D eigenvalue weighted by atomic mass is 9.88. The van der Waals surface area contributed by atoms with E-state index in [2.05, 4.69) is 31.3 Å². The van der Waals surface area contributed by atoms with Crippen molar-refractivity contribution in [1.29, 1.82) is 5.26 Å². The molecule has 1 N–H and O–H groups in total. The minimum Gasteiger partial charge on any atom is -0.496 e. The molecule has 1 aromatic carbocycles. The van der Waals surface area contributed by atoms with Gasteiger partial charge >= 0.3 is 0 Å². The third-order valence-corrected chi connectivity index (χ3v) is 3.56. The maximum Gasteiger partial charge on any atom is 0.123 e. The fourth-order valence-corrected chi connectivity index (χ4v) is 2.35. The maximum absolute atomic E-state index is 9.13. The Morgan fingerprint density at radius 1 is 1.42 bits per heavy atom. The quantitative estimate of drug-likeness (QED) is 0.879. The van der Waals surface area contributed by atoms with Gasteiger partial charge in [0.2, 0.25) is 0 Å². The Kier molecular flexibility index (Phi) is 4.08. The van der Waals surface area contributed by atoms with Gasteiger partial charge in [0, 0.05) is 18.7 Å². The Bertz CT molecular complexity index is 502. The molecular formula is C15H20N2O2. The van der Waals surface area contributed by atoms with Gasteiger partial charge in [-0.3, -0.25) is 0 Å². The third-order valence-electron chi connectivity index (χ3n) is 3.56. The molecule has 2 rings (SSSR count). The van der Waals surface area contributed by atoms with Gasteiger partial charge in [-0.25, -0.2) is 0 Å². The Morgan fingerprint density at radius 3 is 2.68 bits per heavy atom. The molecule has 0 unspecified atom stereocenters. The first-order chi connectivity index (χ1) is 9.10. The van der Waals surface area contributed by atoms with E-state index in [1.807, 2.05) is 6.07 Å². The van der Waals surface area contributed by atoms with Crippen LogP contribution >= 0.6 is 0 Å². The van der Waals surface area contributed by atoms with Crippen molar-refractivity contribution in [2.75, 3.05) is 26.9 Å². The highest BCUT2D eigenvalue weighted by molar-refractivity contribution is 5.43. The number of aryl methyl sites for hydroxylation is 2. The normalized spacial score (nSPS) is 16.5. The standard InChI is InChI=1S/C15H20N2O2/c1-11-4-12(2)13(14(5-11)18-3)6-17-8-15(7-16)9-19-10-15/h4-5,17H,6,8-10H2,1-3H3. The first-order valence-corrected chi connectivity index (χ1v) is 6.44. The Hall–Kier alpha value is -1.57. The minimum atomic E-state index is -0.341. The number of benzene rings is 1. The second-order valence-corrected chi connectivity index (χ2v) is 5.25. The summed E-state index contributed by atoms with van der Waals surface area (Å²) in [5.74, 6) is 0.904. The van der Waals surface area contributed by atoms with Crippen molar-refractivity contribution in [3.8, 4) is 11.8 Å². The van der Waals surface area contributed by atoms with E-state index < -0.39 is 0 Å². The molecule has 102 valence electrons. The summed E-state index contributed by atoms with van der Waals surface area (Å²) in [7, 11) is 1.69. The molecule has 4 heteroatoms. The molecule has 0 radical (unpaired) electrons. The van der Waals surface area contributed by atoms with Gasteiger partial charge in [0.25, 0.3) is 0 Å². The SMILES string of the molecule is COc1cc(C)cc(C)c1CNCC1(C#N)COC1. The fourth-order valence-electron chi connectivity index (χ4n) is 2.35. The fraction of sp³-hybridized carbons (Fsp3) is 0.533. The topological polar surface area (TPSA) is 54.3 Å². The second-order valence-electron chi connectivity index (χ2n) is 5.25. The van der Waals surface area contributed by atoms with Crippen LogP contribution in [0.25, 0.3) is 0 Å². The van der Waals surface area contributed by atoms with E-state index in [-0.39, 0.29) is 5.41 Å². The van der Waals surface area contributed by atoms with Gasteiger partial charge in [-0.2, -0.15) is 5.26 Å². The number of nitriles is 1. The summed E-state index contributed by atoms with van der Waals surface area (Å²) in [5, 5.41) is 12.5. The van der Waals surface area contributed by atoms with Crippen LogP contribution in [0.2, 0.25) is 0 Å². The van der Waals surface area contributed by atoms with Crippen LogP contribution in [-0.4, -0.2) is 26.9 Å². The Balaban J connectivity index is 2.02. The van der Waals surface area contributed by atoms with Crippen molar-refractivity contribution < 1.29 is 9.47 Å². The lowest BCUT2D eigenvalue weighted by Crippen LogP contribution is -2.48. The van der Waals surface area contributed by atoms with Crippen molar-refractivity contribution in [3.05, 3.63) is 28.8 Å². The van der Waals surface area contributed by atoms with Crippen LogP contribution in [0.3, 0.4) is 0 Å². The molecule has 0 spiro atoms. The predicted octanol–water partition coefficient (Wildman–Crippen LogP) is 1.94. The summed E-state index contributed by atoms with van der Waals surface area (Å²) in [5.41, 5.74) is 3.21. The van der Waals surface area contributed by atoms with Crippen molar-refractivity contribution >= 4 is 0 Å². The van der Waals surface area contributed by atoms with Gasteiger partial charge in [-0.05, 0) is 31.0 Å². The lowest BCUT2D eigenvalue weighted by molar-refractivity contribution is -0.0755. The summed E-state index contributed by atoms with van der Waals surface area (Å²) in [6, 6.07) is 6.52. The van der Waals surface area contributed by atoms with E-state index in [1.54, 1.807) is 7.11 Å². The van der Waals surface area contributed by atoms with Gasteiger partial charge in [0.1, 0.15) is 11.2 Å². The van der Waals surface area contributed by atoms with Crippen LogP contribution in [0, 0.1) is 30.6 Å². The molecular weight excluding hydrogens is 240 g/mol. The van der Waals surface area contributed by atoms with Crippen LogP contribution in [0.15, 0.2) is 12.1 Å². The van der Waals surface area contributed by atoms with Gasteiger partial charge in [-0.1, -0.05) is 6.07 Å². The Labute approximate surface area is 114 Å². The van der Waals surface area contributed by atoms with E-state index in [1.165, 1.54) is 11.1 Å². The van der Waals surface area contributed by atoms with E-state index in [0.29, 0.717) is 26.3 Å². The van der Waals surface area contributed by atoms with Gasteiger partial charge < -0.3 is 14.8 Å². The first kappa shape index (κ1) is 13.9. The van der Waals surface area contributed by atoms with Gasteiger partial charge in [-0.15, -0.1) is 0 Å². The van der Waals surface area contributed by atoms with Crippen LogP contribution < -0.4 is 10.1 Å². The molecule has 0 saturated carbocycles. The van der Waals surface area contributed by atoms with Gasteiger partial charge in [0.15, 0.2) is 0 Å². The monoisotopic (exact) mass is 260 g/mol. The zero-order chi connectivity index (χ0) is 13.9. The molecule has 0 amide bonds. The van der Waals surface area contributed by atoms with Crippen LogP contribution in [-0.2, 0) is 11.3 Å². The molecule has 1 aliphatic rings. The van der Waals surface area contributed by atoms with E-state index in [9.17, 15) is 0 Å². The molecule has 19 heavy (non-hydrogen) atoms. The molecule has 0 aliphatic carbocycles. The highest BCUT2D eigenvalue weighted by Gasteiger charge is 2.38. The molecule has 4 nitrogen and oxygen atoms in total. The first-order valence-electron chi connectivity index (χ1n) is 6.44. The number of rotatable bonds is 5. The summed E-state index contributed by atoms with van der Waals surface area (Å²) < 4.78 is 10.6. The average Bonchev–Trinajstić information content (AvgIpc) is 2.34. The number of hydrogen-bond donors (Lipinski definition) is 1. The van der Waals surface area contributed by atoms with Crippen molar-refractivity contribution in [1.82, 2.24) is 5.32 Å². The molecule has 1 aromatic rings. The molecule has 0 atom stereocenters. The van der Waals surface area contributed by atoms with E-state index >= 15 is 0 Å². The molecule has 0 aromatic heterocycles. The number of nitrogens with one attached hydrogen (secondary N) is 1. The maximum atomic E-state index is 9.13. The molecule has 1 aliphatic heterocycles. The summed E-state index contributed by atoms with van der Waals surface area (Å²) in [4.78, 5) is 0. The zero-order valence-electron chi connectivity index (χ0n) is 11.7. The predicted molar refractivity (Wildman–Crippen MR) is 73.0 cm³/mol. The van der Waals surface area contributed by atoms with E-state index in [0.717, 1.165) is 11.3 Å². The second kappa shape index (κ2) is 5.60. The summed E-state index contributed by atoms with van der Waals surface area (Å²) in [6.45, 7) is 6.56. The lowest BCUT2D eigenvalue weighted by Gasteiger charge is -2.35. The van der Waals surface area contributed by atoms with Crippen LogP contribution in [0.5, 0.6) is 5.75 Å². The molecule has 1 heterocycles. The summed E-state index contributed by atoms with van der Waals surface area (Å²) >= 11 is 0. The number of hydrogen-bond acceptors (Lipinski definition) is 4. The molecule has 1 saturated heterocycles. The highest BCUT2D eigenvalue weighted by Crippen LogP contribution is 2.27. The van der Waals surface area contributed by atoms with Crippen molar-refractivity contribution in [3.63, 3.8) is 0 Å². The number of ether oxygens (including phenoxy) is 2. The molecule has 0 bridgehead atoms. The number of methoxy groups -OCH3 is 1. The van der Waals surface area contributed by atoms with Crippen molar-refractivity contribution in [2.24, 2.45) is 5.41 Å². The third kappa shape index (κ3) is 2.89. The summed E-state index contributed by atoms with van der Waals surface area (Å²) in [6.07, 6.45) is 0. The van der Waals surface area contributed by atoms with E-state index in [4.69, 9.17) is 14.7 Å².